The third kappa shape index (κ3) is 3.37. The fraction of sp³-hybridized carbons (Fsp3) is 0.267. The summed E-state index contributed by atoms with van der Waals surface area (Å²) in [6.45, 7) is 0.530. The van der Waals surface area contributed by atoms with Gasteiger partial charge in [-0.15, -0.1) is 11.3 Å². The molecule has 0 aliphatic carbocycles. The Balaban J connectivity index is 1.99. The van der Waals surface area contributed by atoms with Gasteiger partial charge in [-0.3, -0.25) is 4.79 Å². The minimum absolute atomic E-state index is 0.0803. The summed E-state index contributed by atoms with van der Waals surface area (Å²) in [6, 6.07) is 10.8. The van der Waals surface area contributed by atoms with E-state index in [1.54, 1.807) is 19.1 Å². The first-order valence-corrected chi connectivity index (χ1v) is 7.16. The number of carbonyl (C=O) groups is 1. The van der Waals surface area contributed by atoms with Gasteiger partial charge in [0.2, 0.25) is 5.91 Å². The van der Waals surface area contributed by atoms with Gasteiger partial charge in [-0.25, -0.2) is 0 Å². The Kier molecular flexibility index (Phi) is 4.76. The highest BCUT2D eigenvalue weighted by molar-refractivity contribution is 7.10. The van der Waals surface area contributed by atoms with E-state index in [4.69, 9.17) is 10.5 Å². The normalized spacial score (nSPS) is 11.9. The summed E-state index contributed by atoms with van der Waals surface area (Å²) in [5, 5.41) is 1.92. The van der Waals surface area contributed by atoms with Crippen molar-refractivity contribution in [1.29, 1.82) is 0 Å². The first-order valence-electron chi connectivity index (χ1n) is 6.28. The Bertz CT molecular complexity index is 552. The summed E-state index contributed by atoms with van der Waals surface area (Å²) in [6.07, 6.45) is 0. The number of hydrogen-bond donors (Lipinski definition) is 1. The first-order chi connectivity index (χ1) is 9.61. The second-order valence-electron chi connectivity index (χ2n) is 4.54. The van der Waals surface area contributed by atoms with E-state index < -0.39 is 6.04 Å². The van der Waals surface area contributed by atoms with Crippen molar-refractivity contribution in [2.45, 2.75) is 12.6 Å². The molecule has 0 aliphatic heterocycles. The minimum atomic E-state index is -0.585. The van der Waals surface area contributed by atoms with Crippen molar-refractivity contribution in [3.05, 3.63) is 52.2 Å². The number of amides is 1. The number of nitrogens with two attached hydrogens (primary N) is 1. The van der Waals surface area contributed by atoms with Gasteiger partial charge in [0, 0.05) is 18.5 Å². The molecule has 1 aromatic carbocycles. The largest absolute Gasteiger partial charge is 0.497 e. The molecule has 2 aromatic rings. The molecule has 0 bridgehead atoms. The van der Waals surface area contributed by atoms with Gasteiger partial charge in [0.25, 0.3) is 0 Å². The maximum Gasteiger partial charge on any atom is 0.244 e. The molecule has 0 aliphatic rings. The molecular weight excluding hydrogens is 272 g/mol. The lowest BCUT2D eigenvalue weighted by Crippen LogP contribution is -2.35. The molecule has 2 N–H and O–H groups in total. The molecule has 20 heavy (non-hydrogen) atoms. The Hall–Kier alpha value is -1.85. The summed E-state index contributed by atoms with van der Waals surface area (Å²) < 4.78 is 5.11. The highest BCUT2D eigenvalue weighted by atomic mass is 32.1. The molecule has 2 rings (SSSR count). The third-order valence-electron chi connectivity index (χ3n) is 3.07. The fourth-order valence-electron chi connectivity index (χ4n) is 1.91. The second-order valence-corrected chi connectivity index (χ2v) is 5.51. The molecule has 0 spiro atoms. The van der Waals surface area contributed by atoms with Gasteiger partial charge < -0.3 is 15.4 Å². The lowest BCUT2D eigenvalue weighted by molar-refractivity contribution is -0.131. The quantitative estimate of drug-likeness (QED) is 0.920. The molecule has 1 heterocycles. The van der Waals surface area contributed by atoms with Crippen LogP contribution in [0.15, 0.2) is 41.8 Å². The molecular formula is C15H18N2O2S. The molecule has 1 atom stereocenters. The van der Waals surface area contributed by atoms with E-state index in [0.717, 1.165) is 16.2 Å². The van der Waals surface area contributed by atoms with Crippen molar-refractivity contribution in [3.8, 4) is 5.75 Å². The van der Waals surface area contributed by atoms with E-state index in [0.29, 0.717) is 6.54 Å². The molecule has 0 saturated heterocycles. The topological polar surface area (TPSA) is 55.6 Å². The van der Waals surface area contributed by atoms with Crippen LogP contribution in [0.25, 0.3) is 0 Å². The lowest BCUT2D eigenvalue weighted by Gasteiger charge is -2.21. The summed E-state index contributed by atoms with van der Waals surface area (Å²) in [7, 11) is 3.39. The van der Waals surface area contributed by atoms with Gasteiger partial charge in [0.1, 0.15) is 11.8 Å². The summed E-state index contributed by atoms with van der Waals surface area (Å²) >= 11 is 1.50. The number of benzene rings is 1. The third-order valence-corrected chi connectivity index (χ3v) is 4.03. The van der Waals surface area contributed by atoms with Crippen LogP contribution in [0.2, 0.25) is 0 Å². The van der Waals surface area contributed by atoms with Gasteiger partial charge in [-0.2, -0.15) is 0 Å². The van der Waals surface area contributed by atoms with E-state index in [2.05, 4.69) is 0 Å². The van der Waals surface area contributed by atoms with Crippen molar-refractivity contribution in [2.24, 2.45) is 5.73 Å². The number of likely N-dealkylation sites (N-methyl/N-ethyl adjacent to an activating group) is 1. The van der Waals surface area contributed by atoms with Crippen LogP contribution in [0.1, 0.15) is 16.5 Å². The molecule has 4 nitrogen and oxygen atoms in total. The number of thiophene rings is 1. The van der Waals surface area contributed by atoms with Crippen molar-refractivity contribution >= 4 is 17.2 Å². The van der Waals surface area contributed by atoms with Crippen LogP contribution >= 0.6 is 11.3 Å². The maximum absolute atomic E-state index is 12.3. The Morgan fingerprint density at radius 2 is 2.05 bits per heavy atom. The lowest BCUT2D eigenvalue weighted by atomic mass is 10.2. The number of rotatable bonds is 5. The first kappa shape index (κ1) is 14.6. The van der Waals surface area contributed by atoms with Gasteiger partial charge in [0.05, 0.1) is 7.11 Å². The monoisotopic (exact) mass is 290 g/mol. The highest BCUT2D eigenvalue weighted by Gasteiger charge is 2.20. The van der Waals surface area contributed by atoms with Crippen LogP contribution in [-0.2, 0) is 11.3 Å². The van der Waals surface area contributed by atoms with Crippen molar-refractivity contribution in [2.75, 3.05) is 14.2 Å². The van der Waals surface area contributed by atoms with E-state index in [-0.39, 0.29) is 5.91 Å². The van der Waals surface area contributed by atoms with Crippen molar-refractivity contribution in [3.63, 3.8) is 0 Å². The second kappa shape index (κ2) is 6.54. The van der Waals surface area contributed by atoms with Gasteiger partial charge >= 0.3 is 0 Å². The summed E-state index contributed by atoms with van der Waals surface area (Å²) in [5.74, 6) is 0.723. The predicted octanol–water partition coefficient (Wildman–Crippen LogP) is 2.42. The zero-order chi connectivity index (χ0) is 14.5. The smallest absolute Gasteiger partial charge is 0.244 e. The van der Waals surface area contributed by atoms with E-state index in [1.165, 1.54) is 11.3 Å². The number of nitrogens with zero attached hydrogens (tertiary/aromatic N) is 1. The van der Waals surface area contributed by atoms with Crippen LogP contribution in [-0.4, -0.2) is 25.0 Å². The molecule has 1 aromatic heterocycles. The molecule has 106 valence electrons. The number of carbonyl (C=O) groups excluding carboxylic acids is 1. The molecule has 5 heteroatoms. The van der Waals surface area contributed by atoms with Gasteiger partial charge in [0.15, 0.2) is 0 Å². The molecule has 0 radical (unpaired) electrons. The van der Waals surface area contributed by atoms with Crippen molar-refractivity contribution in [1.82, 2.24) is 4.90 Å². The molecule has 0 fully saturated rings. The van der Waals surface area contributed by atoms with Crippen LogP contribution in [0.5, 0.6) is 5.75 Å². The Labute approximate surface area is 122 Å². The maximum atomic E-state index is 12.3. The molecule has 1 unspecified atom stereocenters. The number of methoxy groups -OCH3 is 1. The van der Waals surface area contributed by atoms with Crippen LogP contribution in [0.3, 0.4) is 0 Å². The number of hydrogen-bond acceptors (Lipinski definition) is 4. The van der Waals surface area contributed by atoms with E-state index in [9.17, 15) is 4.79 Å². The zero-order valence-electron chi connectivity index (χ0n) is 11.6. The average molecular weight is 290 g/mol. The van der Waals surface area contributed by atoms with Crippen LogP contribution < -0.4 is 10.5 Å². The summed E-state index contributed by atoms with van der Waals surface area (Å²) in [4.78, 5) is 14.8. The van der Waals surface area contributed by atoms with Gasteiger partial charge in [-0.05, 0) is 29.1 Å². The Morgan fingerprint density at radius 3 is 2.60 bits per heavy atom. The fourth-order valence-corrected chi connectivity index (χ4v) is 2.63. The predicted molar refractivity (Wildman–Crippen MR) is 80.7 cm³/mol. The average Bonchev–Trinajstić information content (AvgIpc) is 3.00. The van der Waals surface area contributed by atoms with Crippen LogP contribution in [0.4, 0.5) is 0 Å². The minimum Gasteiger partial charge on any atom is -0.497 e. The zero-order valence-corrected chi connectivity index (χ0v) is 12.4. The van der Waals surface area contributed by atoms with Gasteiger partial charge in [-0.1, -0.05) is 18.2 Å². The molecule has 0 saturated carbocycles. The van der Waals surface area contributed by atoms with E-state index >= 15 is 0 Å². The van der Waals surface area contributed by atoms with Crippen LogP contribution in [0, 0.1) is 0 Å². The Morgan fingerprint density at radius 1 is 1.35 bits per heavy atom. The van der Waals surface area contributed by atoms with E-state index in [1.807, 2.05) is 41.8 Å². The highest BCUT2D eigenvalue weighted by Crippen LogP contribution is 2.19. The SMILES string of the molecule is COc1ccc(CN(C)C(=O)C(N)c2cccs2)cc1. The standard InChI is InChI=1S/C15H18N2O2S/c1-17(10-11-5-7-12(19-2)8-6-11)15(18)14(16)13-4-3-9-20-13/h3-9,14H,10,16H2,1-2H3. The number of ether oxygens (including phenoxy) is 1. The van der Waals surface area contributed by atoms with Crippen molar-refractivity contribution < 1.29 is 9.53 Å². The summed E-state index contributed by atoms with van der Waals surface area (Å²) in [5.41, 5.74) is 7.02. The molecule has 1 amide bonds.